The second-order valence-corrected chi connectivity index (χ2v) is 11.5. The lowest BCUT2D eigenvalue weighted by Crippen LogP contribution is -2.44. The lowest BCUT2D eigenvalue weighted by molar-refractivity contribution is -0.137. The van der Waals surface area contributed by atoms with E-state index in [-0.39, 0.29) is 42.6 Å². The molecule has 3 heterocycles. The Kier molecular flexibility index (Phi) is 8.50. The molecule has 0 spiro atoms. The molecule has 2 amide bonds. The molecular weight excluding hydrogens is 616 g/mol. The van der Waals surface area contributed by atoms with Crippen molar-refractivity contribution in [2.24, 2.45) is 0 Å². The third kappa shape index (κ3) is 6.18. The second-order valence-electron chi connectivity index (χ2n) is 11.1. The molecule has 46 heavy (non-hydrogen) atoms. The summed E-state index contributed by atoms with van der Waals surface area (Å²) in [6.45, 7) is 2.70. The molecule has 1 fully saturated rings. The molecular formula is C34H28ClF2N5O4. The fourth-order valence-electron chi connectivity index (χ4n) is 5.57. The summed E-state index contributed by atoms with van der Waals surface area (Å²) in [5.74, 6) is -1.80. The van der Waals surface area contributed by atoms with Crippen molar-refractivity contribution < 1.29 is 27.9 Å². The lowest BCUT2D eigenvalue weighted by Gasteiger charge is -2.24. The maximum absolute atomic E-state index is 15.5. The average molecular weight is 644 g/mol. The van der Waals surface area contributed by atoms with Crippen molar-refractivity contribution in [3.05, 3.63) is 101 Å². The molecule has 1 saturated heterocycles. The van der Waals surface area contributed by atoms with E-state index in [0.717, 1.165) is 10.5 Å². The van der Waals surface area contributed by atoms with Crippen LogP contribution in [-0.2, 0) is 16.1 Å². The van der Waals surface area contributed by atoms with Crippen LogP contribution in [0.5, 0.6) is 11.8 Å². The van der Waals surface area contributed by atoms with Crippen LogP contribution in [0.25, 0.3) is 22.0 Å². The summed E-state index contributed by atoms with van der Waals surface area (Å²) in [5.41, 5.74) is 2.30. The van der Waals surface area contributed by atoms with Gasteiger partial charge in [-0.2, -0.15) is 0 Å². The minimum atomic E-state index is -1.45. The first-order valence-corrected chi connectivity index (χ1v) is 14.8. The highest BCUT2D eigenvalue weighted by atomic mass is 35.5. The summed E-state index contributed by atoms with van der Waals surface area (Å²) in [6.07, 6.45) is 3.09. The highest BCUT2D eigenvalue weighted by Crippen LogP contribution is 2.34. The van der Waals surface area contributed by atoms with Crippen molar-refractivity contribution in [1.29, 1.82) is 0 Å². The summed E-state index contributed by atoms with van der Waals surface area (Å²) >= 11 is 6.26. The maximum atomic E-state index is 15.5. The molecule has 9 nitrogen and oxygen atoms in total. The number of aromatic nitrogens is 3. The first-order chi connectivity index (χ1) is 22.1. The van der Waals surface area contributed by atoms with E-state index >= 15 is 4.39 Å². The van der Waals surface area contributed by atoms with Crippen molar-refractivity contribution in [2.75, 3.05) is 11.9 Å². The number of ether oxygens (including phenoxy) is 1. The van der Waals surface area contributed by atoms with Crippen molar-refractivity contribution in [3.8, 4) is 22.9 Å². The van der Waals surface area contributed by atoms with Gasteiger partial charge in [-0.3, -0.25) is 14.4 Å². The molecule has 3 aromatic carbocycles. The Morgan fingerprint density at radius 2 is 1.78 bits per heavy atom. The molecule has 1 N–H and O–H groups in total. The van der Waals surface area contributed by atoms with E-state index in [9.17, 15) is 18.8 Å². The zero-order chi connectivity index (χ0) is 32.5. The average Bonchev–Trinajstić information content (AvgIpc) is 3.60. The van der Waals surface area contributed by atoms with Crippen LogP contribution in [0.4, 0.5) is 14.5 Å². The topological polar surface area (TPSA) is 106 Å². The van der Waals surface area contributed by atoms with Gasteiger partial charge in [-0.15, -0.1) is 0 Å². The van der Waals surface area contributed by atoms with Gasteiger partial charge in [0.1, 0.15) is 24.5 Å². The number of anilines is 1. The Morgan fingerprint density at radius 1 is 1.04 bits per heavy atom. The number of alkyl halides is 1. The first-order valence-electron chi connectivity index (χ1n) is 14.5. The number of fused-ring (bicyclic) bond motifs is 1. The molecule has 1 aliphatic heterocycles. The molecule has 2 unspecified atom stereocenters. The van der Waals surface area contributed by atoms with Crippen molar-refractivity contribution in [2.45, 2.75) is 39.0 Å². The molecule has 0 saturated carbocycles. The third-order valence-electron chi connectivity index (χ3n) is 7.80. The monoisotopic (exact) mass is 643 g/mol. The summed E-state index contributed by atoms with van der Waals surface area (Å²) in [7, 11) is 0. The number of carbonyl (C=O) groups excluding carboxylic acids is 3. The minimum Gasteiger partial charge on any atom is -0.424 e. The summed E-state index contributed by atoms with van der Waals surface area (Å²) in [6, 6.07) is 15.2. The molecule has 12 heteroatoms. The van der Waals surface area contributed by atoms with E-state index in [2.05, 4.69) is 15.3 Å². The van der Waals surface area contributed by atoms with E-state index in [0.29, 0.717) is 32.8 Å². The number of nitrogens with zero attached hydrogens (tertiary/aromatic N) is 4. The van der Waals surface area contributed by atoms with Gasteiger partial charge >= 0.3 is 6.01 Å². The number of halogens is 3. The van der Waals surface area contributed by atoms with Gasteiger partial charge in [-0.25, -0.2) is 18.7 Å². The van der Waals surface area contributed by atoms with Crippen molar-refractivity contribution in [1.82, 2.24) is 19.4 Å². The largest absolute Gasteiger partial charge is 0.424 e. The van der Waals surface area contributed by atoms with Gasteiger partial charge in [0.25, 0.3) is 0 Å². The van der Waals surface area contributed by atoms with Crippen LogP contribution < -0.4 is 10.1 Å². The number of benzene rings is 3. The van der Waals surface area contributed by atoms with Crippen LogP contribution in [0.15, 0.2) is 79.3 Å². The van der Waals surface area contributed by atoms with Crippen molar-refractivity contribution >= 4 is 45.8 Å². The molecule has 2 aromatic heterocycles. The number of aryl methyl sites for hydroxylation is 1. The number of nitrogens with one attached hydrogen (secondary N) is 1. The van der Waals surface area contributed by atoms with Gasteiger partial charge in [0.2, 0.25) is 11.8 Å². The van der Waals surface area contributed by atoms with Crippen LogP contribution >= 0.6 is 11.6 Å². The molecule has 0 bridgehead atoms. The van der Waals surface area contributed by atoms with Crippen LogP contribution in [0.1, 0.15) is 29.3 Å². The van der Waals surface area contributed by atoms with E-state index in [1.165, 1.54) is 19.1 Å². The normalized spacial score (nSPS) is 16.1. The number of amides is 2. The number of Topliss-reactive ketones (excluding diaryl/α,β-unsaturated/α-hetero) is 1. The quantitative estimate of drug-likeness (QED) is 0.187. The highest BCUT2D eigenvalue weighted by molar-refractivity contribution is 6.33. The number of ketones is 1. The number of likely N-dealkylation sites (tertiary alicyclic amines) is 1. The highest BCUT2D eigenvalue weighted by Gasteiger charge is 2.40. The van der Waals surface area contributed by atoms with Gasteiger partial charge in [-0.05, 0) is 49.7 Å². The van der Waals surface area contributed by atoms with Gasteiger partial charge < -0.3 is 19.5 Å². The molecule has 0 aliphatic carbocycles. The fraction of sp³-hybridized carbons (Fsp3) is 0.206. The predicted molar refractivity (Wildman–Crippen MR) is 169 cm³/mol. The van der Waals surface area contributed by atoms with Gasteiger partial charge in [0, 0.05) is 57.6 Å². The number of rotatable bonds is 8. The first kappa shape index (κ1) is 30.8. The van der Waals surface area contributed by atoms with E-state index in [4.69, 9.17) is 16.3 Å². The molecule has 234 valence electrons. The smallest absolute Gasteiger partial charge is 0.321 e. The van der Waals surface area contributed by atoms with E-state index < -0.39 is 29.8 Å². The van der Waals surface area contributed by atoms with Gasteiger partial charge in [-0.1, -0.05) is 41.9 Å². The van der Waals surface area contributed by atoms with Crippen LogP contribution in [0, 0.1) is 12.7 Å². The Hall–Kier alpha value is -5.16. The Morgan fingerprint density at radius 3 is 2.52 bits per heavy atom. The SMILES string of the molecule is CC(=O)c1cn(CC(=O)N2CC(F)CC2C(=O)Nc2cccc(-c3ccccc3Cl)c2F)c2ccc(Oc3ncc(C)cn3)cc12. The zero-order valence-corrected chi connectivity index (χ0v) is 25.6. The molecule has 5 aromatic rings. The van der Waals surface area contributed by atoms with Crippen molar-refractivity contribution in [3.63, 3.8) is 0 Å². The van der Waals surface area contributed by atoms with E-state index in [1.54, 1.807) is 71.7 Å². The Labute approximate surface area is 267 Å². The summed E-state index contributed by atoms with van der Waals surface area (Å²) < 4.78 is 37.5. The number of hydrogen-bond donors (Lipinski definition) is 1. The third-order valence-corrected chi connectivity index (χ3v) is 8.13. The van der Waals surface area contributed by atoms with Gasteiger partial charge in [0.05, 0.1) is 12.2 Å². The molecule has 6 rings (SSSR count). The standard InChI is InChI=1S/C34H28ClF2N5O4/c1-19-14-38-34(39-15-19)46-22-10-11-29-25(13-22)26(20(2)43)17-41(29)18-31(44)42-16-21(36)12-30(42)33(45)40-28-9-5-7-24(32(28)37)23-6-3-4-8-27(23)35/h3-11,13-15,17,21,30H,12,16,18H2,1-2H3,(H,40,45). The summed E-state index contributed by atoms with van der Waals surface area (Å²) in [5, 5.41) is 3.42. The number of hydrogen-bond acceptors (Lipinski definition) is 6. The van der Waals surface area contributed by atoms with Crippen LogP contribution in [-0.4, -0.2) is 55.8 Å². The predicted octanol–water partition coefficient (Wildman–Crippen LogP) is 6.77. The fourth-order valence-corrected chi connectivity index (χ4v) is 5.81. The molecule has 2 atom stereocenters. The number of carbonyl (C=O) groups is 3. The second kappa shape index (κ2) is 12.7. The van der Waals surface area contributed by atoms with Crippen LogP contribution in [0.3, 0.4) is 0 Å². The molecule has 0 radical (unpaired) electrons. The summed E-state index contributed by atoms with van der Waals surface area (Å²) in [4.78, 5) is 48.9. The maximum Gasteiger partial charge on any atom is 0.321 e. The van der Waals surface area contributed by atoms with Crippen LogP contribution in [0.2, 0.25) is 5.02 Å². The van der Waals surface area contributed by atoms with E-state index in [1.807, 2.05) is 6.92 Å². The Balaban J connectivity index is 1.22. The zero-order valence-electron chi connectivity index (χ0n) is 24.8. The van der Waals surface area contributed by atoms with Gasteiger partial charge in [0.15, 0.2) is 11.6 Å². The Bertz CT molecular complexity index is 1980. The lowest BCUT2D eigenvalue weighted by atomic mass is 10.0. The molecule has 1 aliphatic rings. The minimum absolute atomic E-state index is 0.117.